The Morgan fingerprint density at radius 3 is 1.12 bits per heavy atom. The minimum Gasteiger partial charge on any atom is -0.508 e. The van der Waals surface area contributed by atoms with Gasteiger partial charge in [-0.05, 0) is 117 Å². The van der Waals surface area contributed by atoms with Gasteiger partial charge in [0.05, 0.1) is 39.4 Å². The van der Waals surface area contributed by atoms with Gasteiger partial charge < -0.3 is 19.3 Å². The Hall–Kier alpha value is -4.02. The fourth-order valence-corrected chi connectivity index (χ4v) is 6.85. The average Bonchev–Trinajstić information content (AvgIpc) is 3.01. The van der Waals surface area contributed by atoms with E-state index in [4.69, 9.17) is 14.2 Å². The van der Waals surface area contributed by atoms with Crippen molar-refractivity contribution in [3.05, 3.63) is 97.1 Å². The third-order valence-corrected chi connectivity index (χ3v) is 10.3. The first kappa shape index (κ1) is 31.9. The molecule has 0 aliphatic rings. The number of sulfone groups is 2. The summed E-state index contributed by atoms with van der Waals surface area (Å²) in [7, 11) is -7.27. The molecule has 4 rings (SSSR count). The monoisotopic (exact) mass is 624 g/mol. The molecule has 0 aliphatic heterocycles. The maximum atomic E-state index is 12.9. The Morgan fingerprint density at radius 1 is 0.465 bits per heavy atom. The highest BCUT2D eigenvalue weighted by Crippen LogP contribution is 2.26. The Bertz CT molecular complexity index is 1650. The molecular formula is C33H36O8S2. The van der Waals surface area contributed by atoms with E-state index in [9.17, 15) is 21.9 Å². The van der Waals surface area contributed by atoms with Crippen LogP contribution in [0.1, 0.15) is 39.0 Å². The lowest BCUT2D eigenvalue weighted by Crippen LogP contribution is -2.03. The zero-order chi connectivity index (χ0) is 30.7. The Balaban J connectivity index is 1.10. The summed E-state index contributed by atoms with van der Waals surface area (Å²) >= 11 is 0. The molecule has 228 valence electrons. The number of phenolic OH excluding ortho intramolecular Hbond substituents is 1. The summed E-state index contributed by atoms with van der Waals surface area (Å²) in [6, 6.07) is 24.6. The van der Waals surface area contributed by atoms with Gasteiger partial charge in [-0.2, -0.15) is 0 Å². The van der Waals surface area contributed by atoms with E-state index < -0.39 is 19.7 Å². The minimum atomic E-state index is -3.66. The molecular weight excluding hydrogens is 588 g/mol. The molecule has 0 spiro atoms. The number of benzene rings is 4. The van der Waals surface area contributed by atoms with Crippen molar-refractivity contribution in [2.24, 2.45) is 0 Å². The summed E-state index contributed by atoms with van der Waals surface area (Å²) in [5, 5.41) is 9.38. The van der Waals surface area contributed by atoms with E-state index in [0.29, 0.717) is 37.1 Å². The molecule has 0 bridgehead atoms. The van der Waals surface area contributed by atoms with Crippen molar-refractivity contribution in [2.75, 3.05) is 19.8 Å². The average molecular weight is 625 g/mol. The Kier molecular flexibility index (Phi) is 11.1. The molecule has 0 atom stereocenters. The molecule has 0 heterocycles. The molecule has 0 radical (unpaired) electrons. The van der Waals surface area contributed by atoms with Crippen molar-refractivity contribution in [1.82, 2.24) is 0 Å². The molecule has 8 nitrogen and oxygen atoms in total. The fourth-order valence-electron chi connectivity index (χ4n) is 4.32. The lowest BCUT2D eigenvalue weighted by atomic mass is 10.1. The second kappa shape index (κ2) is 14.9. The zero-order valence-corrected chi connectivity index (χ0v) is 25.6. The van der Waals surface area contributed by atoms with E-state index in [1.54, 1.807) is 60.7 Å². The largest absolute Gasteiger partial charge is 0.508 e. The molecule has 1 N–H and O–H groups in total. The SMILES string of the molecule is CCOc1ccc(S(=O)(=O)c2ccc(OCCCCCCCOc3ccc(S(=O)(=O)c4ccc(O)cc4)cc3)cc2)cc1. The van der Waals surface area contributed by atoms with E-state index in [2.05, 4.69) is 0 Å². The van der Waals surface area contributed by atoms with Crippen LogP contribution in [0.25, 0.3) is 0 Å². The molecule has 0 fully saturated rings. The predicted molar refractivity (Wildman–Crippen MR) is 164 cm³/mol. The van der Waals surface area contributed by atoms with Crippen molar-refractivity contribution in [1.29, 1.82) is 0 Å². The van der Waals surface area contributed by atoms with Crippen molar-refractivity contribution in [2.45, 2.75) is 58.6 Å². The highest BCUT2D eigenvalue weighted by atomic mass is 32.2. The molecule has 10 heteroatoms. The Morgan fingerprint density at radius 2 is 0.767 bits per heavy atom. The van der Waals surface area contributed by atoms with Gasteiger partial charge >= 0.3 is 0 Å². The van der Waals surface area contributed by atoms with Crippen LogP contribution in [0.15, 0.2) is 117 Å². The van der Waals surface area contributed by atoms with E-state index in [0.717, 1.165) is 32.1 Å². The summed E-state index contributed by atoms with van der Waals surface area (Å²) in [5.74, 6) is 1.87. The number of hydrogen-bond donors (Lipinski definition) is 1. The van der Waals surface area contributed by atoms with E-state index in [1.807, 2.05) is 6.92 Å². The van der Waals surface area contributed by atoms with Crippen molar-refractivity contribution in [3.63, 3.8) is 0 Å². The topological polar surface area (TPSA) is 116 Å². The van der Waals surface area contributed by atoms with Gasteiger partial charge in [0.15, 0.2) is 0 Å². The van der Waals surface area contributed by atoms with Crippen LogP contribution in [-0.2, 0) is 19.7 Å². The number of ether oxygens (including phenoxy) is 3. The summed E-state index contributed by atoms with van der Waals surface area (Å²) in [6.07, 6.45) is 4.76. The van der Waals surface area contributed by atoms with Gasteiger partial charge in [0.2, 0.25) is 19.7 Å². The van der Waals surface area contributed by atoms with Crippen LogP contribution in [0.4, 0.5) is 0 Å². The third kappa shape index (κ3) is 8.75. The third-order valence-electron chi connectivity index (χ3n) is 6.69. The Labute approximate surface area is 253 Å². The highest BCUT2D eigenvalue weighted by molar-refractivity contribution is 7.91. The number of unbranched alkanes of at least 4 members (excludes halogenated alkanes) is 4. The zero-order valence-electron chi connectivity index (χ0n) is 24.0. The molecule has 4 aromatic carbocycles. The minimum absolute atomic E-state index is 0.00978. The quantitative estimate of drug-likeness (QED) is 0.134. The van der Waals surface area contributed by atoms with Crippen molar-refractivity contribution < 1.29 is 36.2 Å². The molecule has 0 saturated carbocycles. The summed E-state index contributed by atoms with van der Waals surface area (Å²) in [5.41, 5.74) is 0. The maximum Gasteiger partial charge on any atom is 0.206 e. The lowest BCUT2D eigenvalue weighted by molar-refractivity contribution is 0.293. The van der Waals surface area contributed by atoms with Gasteiger partial charge in [-0.3, -0.25) is 0 Å². The lowest BCUT2D eigenvalue weighted by Gasteiger charge is -2.09. The number of aromatic hydroxyl groups is 1. The number of hydrogen-bond acceptors (Lipinski definition) is 8. The van der Waals surface area contributed by atoms with Gasteiger partial charge in [0.25, 0.3) is 0 Å². The molecule has 4 aromatic rings. The van der Waals surface area contributed by atoms with Gasteiger partial charge in [-0.15, -0.1) is 0 Å². The van der Waals surface area contributed by atoms with E-state index in [1.165, 1.54) is 36.4 Å². The van der Waals surface area contributed by atoms with Crippen LogP contribution in [0, 0.1) is 0 Å². The number of phenols is 1. The smallest absolute Gasteiger partial charge is 0.206 e. The standard InChI is InChI=1S/C33H36O8S2/c1-2-39-27-10-18-31(19-11-27)43(37,38)33-22-14-29(15-23-33)41-25-7-5-3-4-6-24-40-28-12-20-32(21-13-28)42(35,36)30-16-8-26(34)9-17-30/h8-23,34H,2-7,24-25H2,1H3. The first-order valence-electron chi connectivity index (χ1n) is 14.2. The van der Waals surface area contributed by atoms with Crippen LogP contribution in [-0.4, -0.2) is 41.8 Å². The predicted octanol–water partition coefficient (Wildman–Crippen LogP) is 6.86. The van der Waals surface area contributed by atoms with Crippen molar-refractivity contribution >= 4 is 19.7 Å². The molecule has 0 unspecified atom stereocenters. The van der Waals surface area contributed by atoms with Gasteiger partial charge in [-0.25, -0.2) is 16.8 Å². The summed E-state index contributed by atoms with van der Waals surface area (Å²) in [6.45, 7) is 3.46. The van der Waals surface area contributed by atoms with E-state index in [-0.39, 0.29) is 25.3 Å². The summed E-state index contributed by atoms with van der Waals surface area (Å²) < 4.78 is 68.1. The maximum absolute atomic E-state index is 12.9. The highest BCUT2D eigenvalue weighted by Gasteiger charge is 2.18. The van der Waals surface area contributed by atoms with Gasteiger partial charge in [0.1, 0.15) is 23.0 Å². The fraction of sp³-hybridized carbons (Fsp3) is 0.273. The van der Waals surface area contributed by atoms with Crippen molar-refractivity contribution in [3.8, 4) is 23.0 Å². The second-order valence-corrected chi connectivity index (χ2v) is 13.7. The molecule has 0 aromatic heterocycles. The van der Waals surface area contributed by atoms with Crippen LogP contribution >= 0.6 is 0 Å². The molecule has 43 heavy (non-hydrogen) atoms. The van der Waals surface area contributed by atoms with Crippen LogP contribution in [0.5, 0.6) is 23.0 Å². The van der Waals surface area contributed by atoms with Crippen LogP contribution in [0.2, 0.25) is 0 Å². The van der Waals surface area contributed by atoms with Crippen LogP contribution in [0.3, 0.4) is 0 Å². The summed E-state index contributed by atoms with van der Waals surface area (Å²) in [4.78, 5) is 0.707. The van der Waals surface area contributed by atoms with Gasteiger partial charge in [-0.1, -0.05) is 19.3 Å². The first-order chi connectivity index (χ1) is 20.7. The van der Waals surface area contributed by atoms with E-state index >= 15 is 0 Å². The molecule has 0 aliphatic carbocycles. The van der Waals surface area contributed by atoms with Crippen LogP contribution < -0.4 is 14.2 Å². The normalized spacial score (nSPS) is 11.7. The van der Waals surface area contributed by atoms with Gasteiger partial charge in [0, 0.05) is 0 Å². The second-order valence-electron chi connectivity index (χ2n) is 9.81. The first-order valence-corrected chi connectivity index (χ1v) is 17.1. The molecule has 0 saturated heterocycles. The number of rotatable bonds is 16. The molecule has 0 amide bonds.